The highest BCUT2D eigenvalue weighted by Crippen LogP contribution is 2.47. The highest BCUT2D eigenvalue weighted by Gasteiger charge is 2.63. The number of sulfonamides is 1. The van der Waals surface area contributed by atoms with Crippen molar-refractivity contribution in [3.63, 3.8) is 0 Å². The molecule has 15 nitrogen and oxygen atoms in total. The van der Waals surface area contributed by atoms with Crippen LogP contribution < -0.4 is 24.8 Å². The van der Waals surface area contributed by atoms with Crippen molar-refractivity contribution >= 4 is 44.6 Å². The SMILES string of the molecule is COC[C@@H]1C[C@@H](C)CC/C=C\[C@H]2C[C@]2(C(=O)NS(=O)(=O)C2(C)CC2)NC(=O)[C@@H]2C[C@@H](Oc3nccc4cc(OC)ccc34)CN2C(=O)[C@H]1NC(=O)OC(C)(C)C. The Bertz CT molecular complexity index is 1980. The molecule has 1 saturated heterocycles. The first-order chi connectivity index (χ1) is 26.4. The molecule has 306 valence electrons. The van der Waals surface area contributed by atoms with Gasteiger partial charge in [0.1, 0.15) is 35.1 Å². The lowest BCUT2D eigenvalue weighted by Gasteiger charge is -2.34. The van der Waals surface area contributed by atoms with Crippen molar-refractivity contribution in [2.24, 2.45) is 17.8 Å². The molecule has 2 aliphatic heterocycles. The maximum atomic E-state index is 15.0. The van der Waals surface area contributed by atoms with E-state index in [1.54, 1.807) is 47.1 Å². The fraction of sp³-hybridized carbons (Fsp3) is 0.625. The smallest absolute Gasteiger partial charge is 0.408 e. The van der Waals surface area contributed by atoms with E-state index >= 15 is 0 Å². The lowest BCUT2D eigenvalue weighted by Crippen LogP contribution is -2.60. The maximum absolute atomic E-state index is 15.0. The third-order valence-electron chi connectivity index (χ3n) is 11.3. The van der Waals surface area contributed by atoms with Gasteiger partial charge in [-0.05, 0) is 102 Å². The Hall–Kier alpha value is -4.44. The highest BCUT2D eigenvalue weighted by atomic mass is 32.2. The molecule has 0 bridgehead atoms. The predicted molar refractivity (Wildman–Crippen MR) is 207 cm³/mol. The van der Waals surface area contributed by atoms with Crippen LogP contribution in [0.2, 0.25) is 0 Å². The molecular formula is C40H55N5O10S. The van der Waals surface area contributed by atoms with E-state index in [1.807, 2.05) is 30.4 Å². The van der Waals surface area contributed by atoms with Crippen LogP contribution in [0, 0.1) is 17.8 Å². The molecule has 6 rings (SSSR count). The number of alkyl carbamates (subject to hydrolysis) is 1. The molecule has 3 fully saturated rings. The van der Waals surface area contributed by atoms with Crippen LogP contribution in [0.1, 0.15) is 79.6 Å². The van der Waals surface area contributed by atoms with Gasteiger partial charge in [-0.15, -0.1) is 0 Å². The molecule has 1 aromatic heterocycles. The average Bonchev–Trinajstić information content (AvgIpc) is 4.01. The Balaban J connectivity index is 1.37. The number of benzene rings is 1. The second kappa shape index (κ2) is 15.8. The number of ether oxygens (including phenoxy) is 4. The number of pyridine rings is 1. The van der Waals surface area contributed by atoms with E-state index in [0.29, 0.717) is 42.7 Å². The van der Waals surface area contributed by atoms with Crippen LogP contribution in [-0.4, -0.2) is 104 Å². The summed E-state index contributed by atoms with van der Waals surface area (Å²) in [4.78, 5) is 62.7. The van der Waals surface area contributed by atoms with Crippen molar-refractivity contribution in [2.45, 2.75) is 114 Å². The molecule has 0 unspecified atom stereocenters. The zero-order valence-corrected chi connectivity index (χ0v) is 34.1. The second-order valence-corrected chi connectivity index (χ2v) is 19.2. The zero-order chi connectivity index (χ0) is 40.6. The van der Waals surface area contributed by atoms with E-state index in [0.717, 1.165) is 11.8 Å². The molecule has 3 N–H and O–H groups in total. The van der Waals surface area contributed by atoms with Crippen LogP contribution in [0.3, 0.4) is 0 Å². The van der Waals surface area contributed by atoms with Gasteiger partial charge in [-0.3, -0.25) is 19.1 Å². The molecular weight excluding hydrogens is 743 g/mol. The number of carbonyl (C=O) groups excluding carboxylic acids is 4. The molecule has 3 heterocycles. The summed E-state index contributed by atoms with van der Waals surface area (Å²) in [6, 6.07) is 4.95. The van der Waals surface area contributed by atoms with Crippen LogP contribution in [0.15, 0.2) is 42.6 Å². The van der Waals surface area contributed by atoms with Crippen LogP contribution >= 0.6 is 0 Å². The van der Waals surface area contributed by atoms with Crippen molar-refractivity contribution < 1.29 is 46.5 Å². The minimum absolute atomic E-state index is 0.0187. The lowest BCUT2D eigenvalue weighted by molar-refractivity contribution is -0.142. The molecule has 4 amide bonds. The van der Waals surface area contributed by atoms with Gasteiger partial charge in [0, 0.05) is 36.9 Å². The average molecular weight is 798 g/mol. The number of methoxy groups -OCH3 is 2. The standard InChI is InChI=1S/C40H55N5O10S/c1-24-10-8-9-11-27-21-40(27,36(48)44-56(50,51)39(5)15-16-39)43-33(46)31-20-29(54-34-30-13-12-28(53-7)19-25(30)14-17-41-34)22-45(31)35(47)32(26(18-24)23-52-6)42-37(49)55-38(2,3)4/h9,11-14,17,19,24,26-27,29,31-32H,8,10,15-16,18,20-23H2,1-7H3,(H,42,49)(H,43,46)(H,44,48)/b11-9-/t24-,26-,27-,29+,31-,32-,40-/m0/s1. The minimum atomic E-state index is -4.01. The number of allylic oxidation sites excluding steroid dienone is 1. The number of amides is 4. The third kappa shape index (κ3) is 8.90. The summed E-state index contributed by atoms with van der Waals surface area (Å²) in [6.45, 7) is 8.90. The van der Waals surface area contributed by atoms with E-state index in [4.69, 9.17) is 18.9 Å². The van der Waals surface area contributed by atoms with Gasteiger partial charge < -0.3 is 34.5 Å². The molecule has 2 aliphatic carbocycles. The Morgan fingerprint density at radius 3 is 2.54 bits per heavy atom. The molecule has 1 aromatic carbocycles. The van der Waals surface area contributed by atoms with Gasteiger partial charge in [-0.2, -0.15) is 0 Å². The molecule has 16 heteroatoms. The summed E-state index contributed by atoms with van der Waals surface area (Å²) in [6.07, 6.45) is 6.82. The van der Waals surface area contributed by atoms with Crippen molar-refractivity contribution in [3.8, 4) is 11.6 Å². The van der Waals surface area contributed by atoms with Crippen LogP contribution in [0.25, 0.3) is 10.8 Å². The van der Waals surface area contributed by atoms with Crippen LogP contribution in [0.5, 0.6) is 11.6 Å². The maximum Gasteiger partial charge on any atom is 0.408 e. The Kier molecular flexibility index (Phi) is 11.6. The first-order valence-corrected chi connectivity index (χ1v) is 20.8. The number of hydrogen-bond acceptors (Lipinski definition) is 11. The Morgan fingerprint density at radius 1 is 1.11 bits per heavy atom. The summed E-state index contributed by atoms with van der Waals surface area (Å²) < 4.78 is 50.7. The van der Waals surface area contributed by atoms with E-state index in [9.17, 15) is 27.6 Å². The van der Waals surface area contributed by atoms with Gasteiger partial charge in [-0.25, -0.2) is 18.2 Å². The second-order valence-electron chi connectivity index (χ2n) is 17.0. The predicted octanol–water partition coefficient (Wildman–Crippen LogP) is 4.00. The summed E-state index contributed by atoms with van der Waals surface area (Å²) in [5.74, 6) is -1.94. The number of rotatable bonds is 9. The summed E-state index contributed by atoms with van der Waals surface area (Å²) in [7, 11) is -0.909. The van der Waals surface area contributed by atoms with Gasteiger partial charge in [0.05, 0.1) is 25.0 Å². The first kappa shape index (κ1) is 41.2. The first-order valence-electron chi connectivity index (χ1n) is 19.3. The van der Waals surface area contributed by atoms with Gasteiger partial charge in [0.25, 0.3) is 5.91 Å². The third-order valence-corrected chi connectivity index (χ3v) is 13.5. The Labute approximate surface area is 328 Å². The van der Waals surface area contributed by atoms with Crippen molar-refractivity contribution in [1.29, 1.82) is 0 Å². The summed E-state index contributed by atoms with van der Waals surface area (Å²) >= 11 is 0. The monoisotopic (exact) mass is 797 g/mol. The summed E-state index contributed by atoms with van der Waals surface area (Å²) in [5.41, 5.74) is -2.40. The molecule has 4 aliphatic rings. The largest absolute Gasteiger partial charge is 0.497 e. The van der Waals surface area contributed by atoms with Crippen molar-refractivity contribution in [1.82, 2.24) is 25.2 Å². The number of hydrogen-bond donors (Lipinski definition) is 3. The van der Waals surface area contributed by atoms with E-state index in [1.165, 1.54) is 12.0 Å². The molecule has 2 aromatic rings. The van der Waals surface area contributed by atoms with Gasteiger partial charge >= 0.3 is 6.09 Å². The van der Waals surface area contributed by atoms with E-state index in [-0.39, 0.29) is 31.9 Å². The molecule has 2 saturated carbocycles. The summed E-state index contributed by atoms with van der Waals surface area (Å²) in [5, 5.41) is 7.22. The molecule has 0 spiro atoms. The van der Waals surface area contributed by atoms with Crippen LogP contribution in [-0.2, 0) is 33.9 Å². The quantitative estimate of drug-likeness (QED) is 0.311. The number of fused-ring (bicyclic) bond motifs is 3. The number of nitrogens with one attached hydrogen (secondary N) is 3. The zero-order valence-electron chi connectivity index (χ0n) is 33.3. The van der Waals surface area contributed by atoms with E-state index in [2.05, 4.69) is 27.3 Å². The minimum Gasteiger partial charge on any atom is -0.497 e. The van der Waals surface area contributed by atoms with E-state index < -0.39 is 79.7 Å². The fourth-order valence-corrected chi connectivity index (χ4v) is 9.04. The Morgan fingerprint density at radius 2 is 1.86 bits per heavy atom. The van der Waals surface area contributed by atoms with Gasteiger partial charge in [0.15, 0.2) is 0 Å². The molecule has 0 radical (unpaired) electrons. The number of nitrogens with zero attached hydrogens (tertiary/aromatic N) is 2. The lowest BCUT2D eigenvalue weighted by atomic mass is 9.87. The topological polar surface area (TPSA) is 192 Å². The molecule has 7 atom stereocenters. The number of aromatic nitrogens is 1. The normalized spacial score (nSPS) is 29.7. The van der Waals surface area contributed by atoms with Gasteiger partial charge in [-0.1, -0.05) is 19.1 Å². The van der Waals surface area contributed by atoms with Crippen molar-refractivity contribution in [3.05, 3.63) is 42.6 Å². The van der Waals surface area contributed by atoms with Crippen molar-refractivity contribution in [2.75, 3.05) is 27.4 Å². The fourth-order valence-electron chi connectivity index (χ4n) is 7.73. The van der Waals surface area contributed by atoms with Gasteiger partial charge in [0.2, 0.25) is 27.7 Å². The molecule has 56 heavy (non-hydrogen) atoms. The number of carbonyl (C=O) groups is 4. The van der Waals surface area contributed by atoms with Crippen LogP contribution in [0.4, 0.5) is 4.79 Å². The highest BCUT2D eigenvalue weighted by molar-refractivity contribution is 7.91.